The number of anilines is 1. The summed E-state index contributed by atoms with van der Waals surface area (Å²) in [6, 6.07) is 15.0. The molecule has 0 fully saturated rings. The molecular formula is C15H13ClN2O2S. The normalized spacial score (nSPS) is 10.9. The van der Waals surface area contributed by atoms with Crippen molar-refractivity contribution >= 4 is 27.1 Å². The fourth-order valence-electron chi connectivity index (χ4n) is 1.77. The summed E-state index contributed by atoms with van der Waals surface area (Å²) in [5.74, 6) is -0.0511. The molecule has 2 rings (SSSR count). The number of halogens is 1. The molecule has 0 radical (unpaired) electrons. The average Bonchev–Trinajstić information content (AvgIpc) is 2.49. The maximum Gasteiger partial charge on any atom is 0.180 e. The Bertz CT molecular complexity index is 765. The van der Waals surface area contributed by atoms with Crippen LogP contribution >= 0.6 is 11.6 Å². The Labute approximate surface area is 128 Å². The van der Waals surface area contributed by atoms with Crippen molar-refractivity contribution in [1.29, 1.82) is 5.26 Å². The molecule has 0 aliphatic heterocycles. The van der Waals surface area contributed by atoms with E-state index in [1.807, 2.05) is 6.07 Å². The Hall–Kier alpha value is -2.03. The molecule has 0 heterocycles. The van der Waals surface area contributed by atoms with Gasteiger partial charge in [-0.1, -0.05) is 17.7 Å². The van der Waals surface area contributed by atoms with E-state index in [-0.39, 0.29) is 17.2 Å². The van der Waals surface area contributed by atoms with Crippen LogP contribution in [0.4, 0.5) is 5.69 Å². The quantitative estimate of drug-likeness (QED) is 0.919. The lowest BCUT2D eigenvalue weighted by molar-refractivity contribution is 0.596. The van der Waals surface area contributed by atoms with Gasteiger partial charge >= 0.3 is 0 Å². The van der Waals surface area contributed by atoms with Crippen molar-refractivity contribution < 1.29 is 8.42 Å². The van der Waals surface area contributed by atoms with Crippen molar-refractivity contribution in [2.24, 2.45) is 0 Å². The van der Waals surface area contributed by atoms with E-state index < -0.39 is 9.84 Å². The van der Waals surface area contributed by atoms with Gasteiger partial charge in [0.25, 0.3) is 0 Å². The van der Waals surface area contributed by atoms with E-state index in [1.54, 1.807) is 36.4 Å². The van der Waals surface area contributed by atoms with Gasteiger partial charge in [-0.05, 0) is 42.5 Å². The lowest BCUT2D eigenvalue weighted by Crippen LogP contribution is -2.16. The SMILES string of the molecule is N#Cc1cccc(S(=O)(=O)CCNc2ccc(Cl)cc2)c1. The Morgan fingerprint density at radius 3 is 2.52 bits per heavy atom. The molecule has 0 aliphatic rings. The van der Waals surface area contributed by atoms with Crippen LogP contribution in [0.15, 0.2) is 53.4 Å². The third-order valence-corrected chi connectivity index (χ3v) is 4.83. The van der Waals surface area contributed by atoms with Crippen LogP contribution in [0.5, 0.6) is 0 Å². The Kier molecular flexibility index (Phi) is 4.84. The minimum absolute atomic E-state index is 0.0511. The molecule has 0 spiro atoms. The molecule has 6 heteroatoms. The molecule has 21 heavy (non-hydrogen) atoms. The number of rotatable bonds is 5. The fourth-order valence-corrected chi connectivity index (χ4v) is 3.10. The van der Waals surface area contributed by atoms with E-state index in [0.29, 0.717) is 10.6 Å². The largest absolute Gasteiger partial charge is 0.384 e. The van der Waals surface area contributed by atoms with Gasteiger partial charge in [-0.25, -0.2) is 8.42 Å². The third kappa shape index (κ3) is 4.22. The summed E-state index contributed by atoms with van der Waals surface area (Å²) < 4.78 is 24.3. The summed E-state index contributed by atoms with van der Waals surface area (Å²) in [7, 11) is -3.41. The number of nitrogens with zero attached hydrogens (tertiary/aromatic N) is 1. The second kappa shape index (κ2) is 6.61. The lowest BCUT2D eigenvalue weighted by atomic mass is 10.2. The van der Waals surface area contributed by atoms with E-state index in [0.717, 1.165) is 5.69 Å². The second-order valence-corrected chi connectivity index (χ2v) is 6.94. The van der Waals surface area contributed by atoms with Crippen molar-refractivity contribution in [1.82, 2.24) is 0 Å². The van der Waals surface area contributed by atoms with Gasteiger partial charge in [0.15, 0.2) is 9.84 Å². The van der Waals surface area contributed by atoms with Gasteiger partial charge in [-0.15, -0.1) is 0 Å². The topological polar surface area (TPSA) is 70.0 Å². The molecule has 0 aromatic heterocycles. The molecule has 108 valence electrons. The maximum atomic E-state index is 12.2. The van der Waals surface area contributed by atoms with Crippen LogP contribution in [0.2, 0.25) is 5.02 Å². The average molecular weight is 321 g/mol. The molecule has 0 saturated heterocycles. The first-order valence-electron chi connectivity index (χ1n) is 6.24. The van der Waals surface area contributed by atoms with Gasteiger partial charge in [0, 0.05) is 17.3 Å². The van der Waals surface area contributed by atoms with Crippen molar-refractivity contribution in [2.75, 3.05) is 17.6 Å². The van der Waals surface area contributed by atoms with Crippen LogP contribution in [0.3, 0.4) is 0 Å². The number of sulfone groups is 1. The molecule has 0 bridgehead atoms. The Morgan fingerprint density at radius 1 is 1.14 bits per heavy atom. The highest BCUT2D eigenvalue weighted by Crippen LogP contribution is 2.15. The minimum Gasteiger partial charge on any atom is -0.384 e. The highest BCUT2D eigenvalue weighted by molar-refractivity contribution is 7.91. The van der Waals surface area contributed by atoms with Crippen LogP contribution < -0.4 is 5.32 Å². The van der Waals surface area contributed by atoms with E-state index in [4.69, 9.17) is 16.9 Å². The monoisotopic (exact) mass is 320 g/mol. The van der Waals surface area contributed by atoms with E-state index in [1.165, 1.54) is 12.1 Å². The zero-order valence-corrected chi connectivity index (χ0v) is 12.7. The Morgan fingerprint density at radius 2 is 1.86 bits per heavy atom. The number of hydrogen-bond acceptors (Lipinski definition) is 4. The van der Waals surface area contributed by atoms with E-state index in [2.05, 4.69) is 5.32 Å². The molecule has 2 aromatic carbocycles. The number of nitriles is 1. The van der Waals surface area contributed by atoms with Crippen molar-refractivity contribution in [3.05, 3.63) is 59.1 Å². The summed E-state index contributed by atoms with van der Waals surface area (Å²) in [6.07, 6.45) is 0. The van der Waals surface area contributed by atoms with E-state index >= 15 is 0 Å². The molecule has 4 nitrogen and oxygen atoms in total. The molecule has 0 aliphatic carbocycles. The zero-order chi connectivity index (χ0) is 15.3. The predicted octanol–water partition coefficient (Wildman–Crippen LogP) is 3.10. The van der Waals surface area contributed by atoms with Crippen LogP contribution in [-0.2, 0) is 9.84 Å². The van der Waals surface area contributed by atoms with Crippen LogP contribution in [-0.4, -0.2) is 20.7 Å². The third-order valence-electron chi connectivity index (χ3n) is 2.87. The highest BCUT2D eigenvalue weighted by atomic mass is 35.5. The molecule has 2 aromatic rings. The number of nitrogens with one attached hydrogen (secondary N) is 1. The van der Waals surface area contributed by atoms with Gasteiger partial charge in [-0.2, -0.15) is 5.26 Å². The first-order valence-corrected chi connectivity index (χ1v) is 8.27. The molecule has 1 N–H and O–H groups in total. The smallest absolute Gasteiger partial charge is 0.180 e. The van der Waals surface area contributed by atoms with Gasteiger partial charge in [0.05, 0.1) is 22.3 Å². The molecule has 0 amide bonds. The van der Waals surface area contributed by atoms with Crippen LogP contribution in [0, 0.1) is 11.3 Å². The van der Waals surface area contributed by atoms with Gasteiger partial charge in [0.1, 0.15) is 0 Å². The van der Waals surface area contributed by atoms with Crippen molar-refractivity contribution in [2.45, 2.75) is 4.90 Å². The van der Waals surface area contributed by atoms with Crippen LogP contribution in [0.25, 0.3) is 0 Å². The lowest BCUT2D eigenvalue weighted by Gasteiger charge is -2.08. The molecule has 0 unspecified atom stereocenters. The van der Waals surface area contributed by atoms with Crippen LogP contribution in [0.1, 0.15) is 5.56 Å². The van der Waals surface area contributed by atoms with Gasteiger partial charge < -0.3 is 5.32 Å². The molecule has 0 saturated carbocycles. The highest BCUT2D eigenvalue weighted by Gasteiger charge is 2.14. The van der Waals surface area contributed by atoms with E-state index in [9.17, 15) is 8.42 Å². The minimum atomic E-state index is -3.41. The first kappa shape index (κ1) is 15.4. The summed E-state index contributed by atoms with van der Waals surface area (Å²) in [5.41, 5.74) is 1.14. The number of hydrogen-bond donors (Lipinski definition) is 1. The summed E-state index contributed by atoms with van der Waals surface area (Å²) in [5, 5.41) is 12.5. The van der Waals surface area contributed by atoms with Gasteiger partial charge in [0.2, 0.25) is 0 Å². The maximum absolute atomic E-state index is 12.2. The van der Waals surface area contributed by atoms with Crippen molar-refractivity contribution in [3.8, 4) is 6.07 Å². The Balaban J connectivity index is 2.01. The first-order chi connectivity index (χ1) is 10.0. The second-order valence-electron chi connectivity index (χ2n) is 4.39. The van der Waals surface area contributed by atoms with Crippen molar-refractivity contribution in [3.63, 3.8) is 0 Å². The summed E-state index contributed by atoms with van der Waals surface area (Å²) in [6.45, 7) is 0.279. The van der Waals surface area contributed by atoms with Gasteiger partial charge in [-0.3, -0.25) is 0 Å². The fraction of sp³-hybridized carbons (Fsp3) is 0.133. The molecule has 0 atom stereocenters. The summed E-state index contributed by atoms with van der Waals surface area (Å²) >= 11 is 5.78. The number of benzene rings is 2. The summed E-state index contributed by atoms with van der Waals surface area (Å²) in [4.78, 5) is 0.166. The molecular weight excluding hydrogens is 308 g/mol. The zero-order valence-electron chi connectivity index (χ0n) is 11.1. The predicted molar refractivity (Wildman–Crippen MR) is 83.2 cm³/mol. The standard InChI is InChI=1S/C15H13ClN2O2S/c16-13-4-6-14(7-5-13)18-8-9-21(19,20)15-3-1-2-12(10-15)11-17/h1-7,10,18H,8-9H2.